The second kappa shape index (κ2) is 8.33. The monoisotopic (exact) mass is 450 g/mol. The van der Waals surface area contributed by atoms with Crippen LogP contribution in [-0.2, 0) is 13.0 Å². The molecule has 1 aromatic heterocycles. The number of aromatic nitrogens is 2. The molecule has 0 saturated carbocycles. The SMILES string of the molecule is CCCc1nc(-c2cc(OC)c(OCc3ccccc3)cc2I)no1. The van der Waals surface area contributed by atoms with E-state index in [1.165, 1.54) is 0 Å². The first-order valence-corrected chi connectivity index (χ1v) is 9.16. The van der Waals surface area contributed by atoms with E-state index in [9.17, 15) is 0 Å². The fraction of sp³-hybridized carbons (Fsp3) is 0.263. The van der Waals surface area contributed by atoms with Crippen LogP contribution in [0.4, 0.5) is 0 Å². The Balaban J connectivity index is 1.84. The van der Waals surface area contributed by atoms with Gasteiger partial charge in [-0.15, -0.1) is 0 Å². The topological polar surface area (TPSA) is 57.4 Å². The number of halogens is 1. The second-order valence-electron chi connectivity index (χ2n) is 5.52. The number of rotatable bonds is 7. The van der Waals surface area contributed by atoms with Crippen molar-refractivity contribution in [2.24, 2.45) is 0 Å². The summed E-state index contributed by atoms with van der Waals surface area (Å²) in [5.41, 5.74) is 1.97. The zero-order chi connectivity index (χ0) is 17.6. The summed E-state index contributed by atoms with van der Waals surface area (Å²) >= 11 is 2.25. The van der Waals surface area contributed by atoms with Crippen LogP contribution in [0.25, 0.3) is 11.4 Å². The lowest BCUT2D eigenvalue weighted by atomic mass is 10.2. The van der Waals surface area contributed by atoms with Crippen molar-refractivity contribution in [2.75, 3.05) is 7.11 Å². The number of ether oxygens (including phenoxy) is 2. The zero-order valence-electron chi connectivity index (χ0n) is 14.2. The van der Waals surface area contributed by atoms with Crippen LogP contribution in [0, 0.1) is 3.57 Å². The Morgan fingerprint density at radius 1 is 1.12 bits per heavy atom. The normalized spacial score (nSPS) is 10.7. The van der Waals surface area contributed by atoms with Gasteiger partial charge in [0.1, 0.15) is 6.61 Å². The van der Waals surface area contributed by atoms with Gasteiger partial charge in [0.05, 0.1) is 7.11 Å². The molecule has 0 aliphatic carbocycles. The van der Waals surface area contributed by atoms with E-state index in [4.69, 9.17) is 14.0 Å². The minimum absolute atomic E-state index is 0.482. The van der Waals surface area contributed by atoms with Gasteiger partial charge >= 0.3 is 0 Å². The fourth-order valence-corrected chi connectivity index (χ4v) is 3.07. The molecular weight excluding hydrogens is 431 g/mol. The predicted molar refractivity (Wildman–Crippen MR) is 104 cm³/mol. The Labute approximate surface area is 160 Å². The number of hydrogen-bond donors (Lipinski definition) is 0. The van der Waals surface area contributed by atoms with Crippen molar-refractivity contribution < 1.29 is 14.0 Å². The molecule has 0 unspecified atom stereocenters. The summed E-state index contributed by atoms with van der Waals surface area (Å²) < 4.78 is 17.7. The second-order valence-corrected chi connectivity index (χ2v) is 6.68. The molecule has 130 valence electrons. The van der Waals surface area contributed by atoms with Crippen molar-refractivity contribution in [1.82, 2.24) is 10.1 Å². The first-order chi connectivity index (χ1) is 12.2. The van der Waals surface area contributed by atoms with Gasteiger partial charge in [0.2, 0.25) is 11.7 Å². The molecule has 5 nitrogen and oxygen atoms in total. The minimum Gasteiger partial charge on any atom is -0.493 e. The van der Waals surface area contributed by atoms with Crippen molar-refractivity contribution in [3.8, 4) is 22.9 Å². The van der Waals surface area contributed by atoms with E-state index in [-0.39, 0.29) is 0 Å². The Kier molecular flexibility index (Phi) is 5.91. The highest BCUT2D eigenvalue weighted by Gasteiger charge is 2.16. The Morgan fingerprint density at radius 2 is 1.92 bits per heavy atom. The standard InChI is InChI=1S/C19H19IN2O3/c1-3-7-18-21-19(22-25-18)14-10-16(23-2)17(11-15(14)20)24-12-13-8-5-4-6-9-13/h4-6,8-11H,3,7,12H2,1-2H3. The van der Waals surface area contributed by atoms with Crippen LogP contribution in [-0.4, -0.2) is 17.3 Å². The molecule has 0 N–H and O–H groups in total. The number of methoxy groups -OCH3 is 1. The third-order valence-corrected chi connectivity index (χ3v) is 4.56. The smallest absolute Gasteiger partial charge is 0.226 e. The largest absolute Gasteiger partial charge is 0.493 e. The van der Waals surface area contributed by atoms with Gasteiger partial charge < -0.3 is 14.0 Å². The highest BCUT2D eigenvalue weighted by molar-refractivity contribution is 14.1. The van der Waals surface area contributed by atoms with E-state index >= 15 is 0 Å². The first-order valence-electron chi connectivity index (χ1n) is 8.08. The van der Waals surface area contributed by atoms with Crippen molar-refractivity contribution in [2.45, 2.75) is 26.4 Å². The number of hydrogen-bond acceptors (Lipinski definition) is 5. The van der Waals surface area contributed by atoms with Crippen molar-refractivity contribution in [1.29, 1.82) is 0 Å². The minimum atomic E-state index is 0.482. The molecule has 3 aromatic rings. The van der Waals surface area contributed by atoms with E-state index in [1.807, 2.05) is 42.5 Å². The fourth-order valence-electron chi connectivity index (χ4n) is 2.39. The number of aryl methyl sites for hydroxylation is 1. The van der Waals surface area contributed by atoms with Gasteiger partial charge in [0.15, 0.2) is 11.5 Å². The Morgan fingerprint density at radius 3 is 2.64 bits per heavy atom. The maximum absolute atomic E-state index is 5.94. The van der Waals surface area contributed by atoms with E-state index in [0.717, 1.165) is 27.5 Å². The van der Waals surface area contributed by atoms with Gasteiger partial charge in [0, 0.05) is 15.6 Å². The molecule has 3 rings (SSSR count). The lowest BCUT2D eigenvalue weighted by Gasteiger charge is -2.13. The summed E-state index contributed by atoms with van der Waals surface area (Å²) in [6.45, 7) is 2.56. The van der Waals surface area contributed by atoms with Gasteiger partial charge in [-0.3, -0.25) is 0 Å². The van der Waals surface area contributed by atoms with Gasteiger partial charge in [-0.1, -0.05) is 42.4 Å². The molecule has 6 heteroatoms. The molecule has 2 aromatic carbocycles. The molecule has 0 atom stereocenters. The maximum Gasteiger partial charge on any atom is 0.226 e. The zero-order valence-corrected chi connectivity index (χ0v) is 16.3. The molecule has 0 fully saturated rings. The molecule has 0 radical (unpaired) electrons. The van der Waals surface area contributed by atoms with E-state index in [2.05, 4.69) is 39.7 Å². The average Bonchev–Trinajstić information content (AvgIpc) is 3.09. The summed E-state index contributed by atoms with van der Waals surface area (Å²) in [4.78, 5) is 4.45. The van der Waals surface area contributed by atoms with Gasteiger partial charge in [-0.25, -0.2) is 0 Å². The van der Waals surface area contributed by atoms with Gasteiger partial charge in [-0.05, 0) is 46.7 Å². The molecule has 0 bridgehead atoms. The third-order valence-electron chi connectivity index (χ3n) is 3.66. The van der Waals surface area contributed by atoms with Crippen molar-refractivity contribution in [3.63, 3.8) is 0 Å². The van der Waals surface area contributed by atoms with E-state index < -0.39 is 0 Å². The number of nitrogens with zero attached hydrogens (tertiary/aromatic N) is 2. The lowest BCUT2D eigenvalue weighted by Crippen LogP contribution is -1.99. The Hall–Kier alpha value is -2.09. The first kappa shape index (κ1) is 17.7. The number of benzene rings is 2. The molecule has 0 saturated heterocycles. The molecular formula is C19H19IN2O3. The van der Waals surface area contributed by atoms with Crippen LogP contribution < -0.4 is 9.47 Å². The van der Waals surface area contributed by atoms with Crippen molar-refractivity contribution in [3.05, 3.63) is 57.5 Å². The Bertz CT molecular complexity index is 834. The molecule has 0 aliphatic rings. The lowest BCUT2D eigenvalue weighted by molar-refractivity contribution is 0.284. The van der Waals surface area contributed by atoms with Crippen LogP contribution in [0.5, 0.6) is 11.5 Å². The van der Waals surface area contributed by atoms with Crippen LogP contribution in [0.15, 0.2) is 47.0 Å². The molecule has 0 amide bonds. The van der Waals surface area contributed by atoms with Crippen LogP contribution in [0.3, 0.4) is 0 Å². The average molecular weight is 450 g/mol. The third kappa shape index (κ3) is 4.31. The molecule has 0 aliphatic heterocycles. The van der Waals surface area contributed by atoms with Gasteiger partial charge in [0.25, 0.3) is 0 Å². The summed E-state index contributed by atoms with van der Waals surface area (Å²) in [5.74, 6) is 2.56. The van der Waals surface area contributed by atoms with E-state index in [0.29, 0.717) is 29.8 Å². The summed E-state index contributed by atoms with van der Waals surface area (Å²) in [6, 6.07) is 13.9. The summed E-state index contributed by atoms with van der Waals surface area (Å²) in [5, 5.41) is 4.08. The van der Waals surface area contributed by atoms with E-state index in [1.54, 1.807) is 7.11 Å². The predicted octanol–water partition coefficient (Wildman–Crippen LogP) is 4.88. The highest BCUT2D eigenvalue weighted by Crippen LogP contribution is 2.36. The maximum atomic E-state index is 5.94. The molecule has 1 heterocycles. The highest BCUT2D eigenvalue weighted by atomic mass is 127. The van der Waals surface area contributed by atoms with Crippen LogP contribution in [0.1, 0.15) is 24.8 Å². The van der Waals surface area contributed by atoms with Crippen LogP contribution >= 0.6 is 22.6 Å². The summed E-state index contributed by atoms with van der Waals surface area (Å²) in [7, 11) is 1.63. The van der Waals surface area contributed by atoms with Crippen molar-refractivity contribution >= 4 is 22.6 Å². The summed E-state index contributed by atoms with van der Waals surface area (Å²) in [6.07, 6.45) is 1.74. The van der Waals surface area contributed by atoms with Gasteiger partial charge in [-0.2, -0.15) is 4.98 Å². The molecule has 25 heavy (non-hydrogen) atoms. The molecule has 0 spiro atoms. The quantitative estimate of drug-likeness (QED) is 0.481. The van der Waals surface area contributed by atoms with Crippen LogP contribution in [0.2, 0.25) is 0 Å².